The molecule has 0 amide bonds. The highest BCUT2D eigenvalue weighted by Crippen LogP contribution is 2.32. The largest absolute Gasteiger partial charge is 0.467 e. The van der Waals surface area contributed by atoms with Gasteiger partial charge in [0.25, 0.3) is 0 Å². The molecule has 1 aromatic heterocycles. The summed E-state index contributed by atoms with van der Waals surface area (Å²) in [5, 5.41) is 0. The highest BCUT2D eigenvalue weighted by atomic mass is 16.7. The first-order valence-corrected chi connectivity index (χ1v) is 7.26. The number of hydrogen-bond donors (Lipinski definition) is 0. The molecule has 0 saturated carbocycles. The number of aryl methyl sites for hydroxylation is 1. The summed E-state index contributed by atoms with van der Waals surface area (Å²) in [7, 11) is 9.19. The molecule has 124 valence electrons. The maximum atomic E-state index is 5.72. The molecule has 0 aliphatic rings. The zero-order valence-corrected chi connectivity index (χ0v) is 14.5. The summed E-state index contributed by atoms with van der Waals surface area (Å²) in [4.78, 5) is 17.2. The minimum atomic E-state index is 0.171. The molecule has 0 atom stereocenters. The summed E-state index contributed by atoms with van der Waals surface area (Å²) < 4.78 is 10.7. The molecule has 7 heteroatoms. The summed E-state index contributed by atoms with van der Waals surface area (Å²) in [6.07, 6.45) is 0. The summed E-state index contributed by atoms with van der Waals surface area (Å²) in [5.41, 5.74) is 1.81. The lowest BCUT2D eigenvalue weighted by molar-refractivity contribution is 0.0510. The van der Waals surface area contributed by atoms with Crippen LogP contribution in [0.4, 0.5) is 11.9 Å². The van der Waals surface area contributed by atoms with Crippen LogP contribution in [0.1, 0.15) is 5.56 Å². The van der Waals surface area contributed by atoms with Crippen molar-refractivity contribution in [1.82, 2.24) is 15.0 Å². The van der Waals surface area contributed by atoms with Gasteiger partial charge >= 0.3 is 0 Å². The quantitative estimate of drug-likeness (QED) is 0.755. The van der Waals surface area contributed by atoms with E-state index in [1.165, 1.54) is 0 Å². The molecule has 2 rings (SSSR count). The summed E-state index contributed by atoms with van der Waals surface area (Å²) in [5.74, 6) is 2.48. The van der Waals surface area contributed by atoms with Crippen molar-refractivity contribution in [3.05, 3.63) is 23.8 Å². The van der Waals surface area contributed by atoms with E-state index >= 15 is 0 Å². The molecule has 1 aromatic carbocycles. The van der Waals surface area contributed by atoms with E-state index in [4.69, 9.17) is 9.47 Å². The molecule has 0 N–H and O–H groups in total. The fourth-order valence-corrected chi connectivity index (χ4v) is 2.01. The molecule has 0 fully saturated rings. The molecule has 0 bridgehead atoms. The number of para-hydroxylation sites is 1. The topological polar surface area (TPSA) is 63.6 Å². The van der Waals surface area contributed by atoms with Gasteiger partial charge < -0.3 is 19.3 Å². The van der Waals surface area contributed by atoms with Crippen LogP contribution in [0, 0.1) is 6.92 Å². The lowest BCUT2D eigenvalue weighted by atomic mass is 10.1. The van der Waals surface area contributed by atoms with E-state index in [0.29, 0.717) is 17.7 Å². The molecular weight excluding hydrogens is 294 g/mol. The number of benzene rings is 1. The Balaban J connectivity index is 2.59. The van der Waals surface area contributed by atoms with Crippen LogP contribution in [0.3, 0.4) is 0 Å². The second kappa shape index (κ2) is 7.23. The summed E-state index contributed by atoms with van der Waals surface area (Å²) in [6, 6.07) is 5.88. The molecular formula is C16H23N5O2. The molecule has 2 aromatic rings. The Bertz CT molecular complexity index is 647. The first-order chi connectivity index (χ1) is 10.9. The predicted octanol–water partition coefficient (Wildman–Crippen LogP) is 1.96. The van der Waals surface area contributed by atoms with Crippen molar-refractivity contribution < 1.29 is 9.47 Å². The predicted molar refractivity (Wildman–Crippen MR) is 91.2 cm³/mol. The van der Waals surface area contributed by atoms with Gasteiger partial charge in [-0.1, -0.05) is 12.1 Å². The van der Waals surface area contributed by atoms with Crippen LogP contribution in [-0.4, -0.2) is 57.0 Å². The van der Waals surface area contributed by atoms with Gasteiger partial charge in [0.15, 0.2) is 12.6 Å². The van der Waals surface area contributed by atoms with Crippen LogP contribution in [0.25, 0.3) is 11.4 Å². The van der Waals surface area contributed by atoms with E-state index < -0.39 is 0 Å². The van der Waals surface area contributed by atoms with Crippen LogP contribution in [0.2, 0.25) is 0 Å². The van der Waals surface area contributed by atoms with Gasteiger partial charge in [0, 0.05) is 35.3 Å². The zero-order chi connectivity index (χ0) is 17.0. The van der Waals surface area contributed by atoms with E-state index in [2.05, 4.69) is 15.0 Å². The van der Waals surface area contributed by atoms with Crippen LogP contribution < -0.4 is 14.5 Å². The molecule has 0 spiro atoms. The Morgan fingerprint density at radius 1 is 0.957 bits per heavy atom. The monoisotopic (exact) mass is 317 g/mol. The van der Waals surface area contributed by atoms with Crippen LogP contribution in [-0.2, 0) is 4.74 Å². The highest BCUT2D eigenvalue weighted by molar-refractivity contribution is 5.68. The van der Waals surface area contributed by atoms with Crippen LogP contribution in [0.15, 0.2) is 18.2 Å². The average Bonchev–Trinajstić information content (AvgIpc) is 2.53. The molecule has 0 saturated heterocycles. The average molecular weight is 317 g/mol. The van der Waals surface area contributed by atoms with Crippen molar-refractivity contribution >= 4 is 11.9 Å². The number of nitrogens with zero attached hydrogens (tertiary/aromatic N) is 5. The third-order valence-corrected chi connectivity index (χ3v) is 3.19. The molecule has 0 unspecified atom stereocenters. The third kappa shape index (κ3) is 3.87. The van der Waals surface area contributed by atoms with Crippen molar-refractivity contribution in [2.75, 3.05) is 51.9 Å². The third-order valence-electron chi connectivity index (χ3n) is 3.19. The fraction of sp³-hybridized carbons (Fsp3) is 0.438. The maximum absolute atomic E-state index is 5.72. The second-order valence-electron chi connectivity index (χ2n) is 5.55. The first kappa shape index (κ1) is 17.0. The van der Waals surface area contributed by atoms with Gasteiger partial charge in [-0.15, -0.1) is 0 Å². The van der Waals surface area contributed by atoms with Gasteiger partial charge in [-0.25, -0.2) is 0 Å². The van der Waals surface area contributed by atoms with Crippen LogP contribution >= 0.6 is 0 Å². The molecule has 0 radical (unpaired) electrons. The molecule has 0 aliphatic heterocycles. The Morgan fingerprint density at radius 3 is 2.09 bits per heavy atom. The smallest absolute Gasteiger partial charge is 0.230 e. The van der Waals surface area contributed by atoms with Crippen molar-refractivity contribution in [2.45, 2.75) is 6.92 Å². The molecule has 1 heterocycles. The van der Waals surface area contributed by atoms with Gasteiger partial charge in [-0.05, 0) is 18.6 Å². The van der Waals surface area contributed by atoms with Gasteiger partial charge in [0.2, 0.25) is 11.9 Å². The Kier molecular flexibility index (Phi) is 5.33. The van der Waals surface area contributed by atoms with Gasteiger partial charge in [0.1, 0.15) is 5.75 Å². The number of rotatable bonds is 6. The number of hydrogen-bond acceptors (Lipinski definition) is 7. The standard InChI is InChI=1S/C16H23N5O2/c1-11-8-7-9-12(13(11)23-10-22-6)14-17-15(20(2)3)19-16(18-14)21(4)5/h7-9H,10H2,1-6H3. The summed E-state index contributed by atoms with van der Waals surface area (Å²) >= 11 is 0. The van der Waals surface area contributed by atoms with E-state index in [1.54, 1.807) is 7.11 Å². The first-order valence-electron chi connectivity index (χ1n) is 7.26. The highest BCUT2D eigenvalue weighted by Gasteiger charge is 2.16. The Labute approximate surface area is 136 Å². The molecule has 23 heavy (non-hydrogen) atoms. The van der Waals surface area contributed by atoms with Crippen molar-refractivity contribution in [2.24, 2.45) is 0 Å². The zero-order valence-electron chi connectivity index (χ0n) is 14.5. The van der Waals surface area contributed by atoms with E-state index in [-0.39, 0.29) is 6.79 Å². The number of ether oxygens (including phenoxy) is 2. The lowest BCUT2D eigenvalue weighted by Gasteiger charge is -2.18. The number of methoxy groups -OCH3 is 1. The minimum Gasteiger partial charge on any atom is -0.467 e. The van der Waals surface area contributed by atoms with Crippen molar-refractivity contribution in [1.29, 1.82) is 0 Å². The molecule has 7 nitrogen and oxygen atoms in total. The second-order valence-corrected chi connectivity index (χ2v) is 5.55. The van der Waals surface area contributed by atoms with Gasteiger partial charge in [-0.3, -0.25) is 0 Å². The van der Waals surface area contributed by atoms with Crippen molar-refractivity contribution in [3.63, 3.8) is 0 Å². The SMILES string of the molecule is COCOc1c(C)cccc1-c1nc(N(C)C)nc(N(C)C)n1. The summed E-state index contributed by atoms with van der Waals surface area (Å²) in [6.45, 7) is 2.15. The van der Waals surface area contributed by atoms with E-state index in [1.807, 2.05) is 63.1 Å². The Hall–Kier alpha value is -2.41. The minimum absolute atomic E-state index is 0.171. The van der Waals surface area contributed by atoms with Crippen molar-refractivity contribution in [3.8, 4) is 17.1 Å². The number of anilines is 2. The van der Waals surface area contributed by atoms with Crippen LogP contribution in [0.5, 0.6) is 5.75 Å². The van der Waals surface area contributed by atoms with E-state index in [0.717, 1.165) is 16.9 Å². The fourth-order valence-electron chi connectivity index (χ4n) is 2.01. The maximum Gasteiger partial charge on any atom is 0.230 e. The van der Waals surface area contributed by atoms with E-state index in [9.17, 15) is 0 Å². The molecule has 0 aliphatic carbocycles. The normalized spacial score (nSPS) is 10.5. The van der Waals surface area contributed by atoms with Gasteiger partial charge in [-0.2, -0.15) is 15.0 Å². The lowest BCUT2D eigenvalue weighted by Crippen LogP contribution is -2.19. The van der Waals surface area contributed by atoms with Gasteiger partial charge in [0.05, 0.1) is 5.56 Å². The number of aromatic nitrogens is 3. The Morgan fingerprint density at radius 2 is 1.57 bits per heavy atom.